The molecule has 0 aliphatic carbocycles. The number of hydrogen-bond donors (Lipinski definition) is 2. The zero-order valence-electron chi connectivity index (χ0n) is 15.7. The molecule has 1 fully saturated rings. The number of aromatic nitrogens is 5. The van der Waals surface area contributed by atoms with Gasteiger partial charge in [0.15, 0.2) is 0 Å². The van der Waals surface area contributed by atoms with E-state index in [2.05, 4.69) is 25.6 Å². The SMILES string of the molecule is COc1cccc(-n2cc(CNC(=O)N3CCCC(c4ncn[nH]4)C3)cn2)c1. The molecule has 1 saturated heterocycles. The van der Waals surface area contributed by atoms with Crippen LogP contribution < -0.4 is 10.1 Å². The normalized spacial score (nSPS) is 16.8. The topological polar surface area (TPSA) is 101 Å². The Labute approximate surface area is 162 Å². The smallest absolute Gasteiger partial charge is 0.317 e. The number of methoxy groups -OCH3 is 1. The molecule has 0 radical (unpaired) electrons. The van der Waals surface area contributed by atoms with Gasteiger partial charge in [0.05, 0.1) is 19.0 Å². The molecule has 0 spiro atoms. The van der Waals surface area contributed by atoms with E-state index in [1.54, 1.807) is 18.0 Å². The van der Waals surface area contributed by atoms with Crippen molar-refractivity contribution < 1.29 is 9.53 Å². The molecule has 1 aliphatic rings. The van der Waals surface area contributed by atoms with Gasteiger partial charge in [-0.3, -0.25) is 5.10 Å². The molecule has 9 nitrogen and oxygen atoms in total. The lowest BCUT2D eigenvalue weighted by atomic mass is 9.98. The Hall–Kier alpha value is -3.36. The van der Waals surface area contributed by atoms with Gasteiger partial charge >= 0.3 is 6.03 Å². The van der Waals surface area contributed by atoms with Gasteiger partial charge in [0.1, 0.15) is 17.9 Å². The number of piperidine rings is 1. The summed E-state index contributed by atoms with van der Waals surface area (Å²) in [5.41, 5.74) is 1.84. The molecule has 1 aromatic carbocycles. The minimum Gasteiger partial charge on any atom is -0.497 e. The fraction of sp³-hybridized carbons (Fsp3) is 0.368. The van der Waals surface area contributed by atoms with Gasteiger partial charge in [0.2, 0.25) is 0 Å². The molecular weight excluding hydrogens is 358 g/mol. The molecule has 28 heavy (non-hydrogen) atoms. The monoisotopic (exact) mass is 381 g/mol. The molecule has 1 atom stereocenters. The molecule has 1 aliphatic heterocycles. The van der Waals surface area contributed by atoms with Crippen LogP contribution in [0, 0.1) is 0 Å². The minimum absolute atomic E-state index is 0.0710. The molecule has 1 unspecified atom stereocenters. The highest BCUT2D eigenvalue weighted by atomic mass is 16.5. The number of nitrogens with zero attached hydrogens (tertiary/aromatic N) is 5. The molecule has 9 heteroatoms. The maximum atomic E-state index is 12.6. The average Bonchev–Trinajstić information content (AvgIpc) is 3.44. The number of nitrogens with one attached hydrogen (secondary N) is 2. The number of aromatic amines is 1. The first-order valence-corrected chi connectivity index (χ1v) is 9.29. The molecular formula is C19H23N7O2. The molecule has 146 valence electrons. The molecule has 3 heterocycles. The summed E-state index contributed by atoms with van der Waals surface area (Å²) in [6.45, 7) is 1.82. The average molecular weight is 381 g/mol. The molecule has 4 rings (SSSR count). The van der Waals surface area contributed by atoms with Crippen molar-refractivity contribution in [1.82, 2.24) is 35.2 Å². The molecule has 2 amide bonds. The van der Waals surface area contributed by atoms with Crippen LogP contribution in [0.3, 0.4) is 0 Å². The van der Waals surface area contributed by atoms with Crippen molar-refractivity contribution in [3.05, 3.63) is 54.4 Å². The molecule has 0 bridgehead atoms. The highest BCUT2D eigenvalue weighted by Gasteiger charge is 2.26. The van der Waals surface area contributed by atoms with Crippen molar-refractivity contribution >= 4 is 6.03 Å². The van der Waals surface area contributed by atoms with E-state index >= 15 is 0 Å². The van der Waals surface area contributed by atoms with Crippen LogP contribution in [0.25, 0.3) is 5.69 Å². The van der Waals surface area contributed by atoms with E-state index in [-0.39, 0.29) is 11.9 Å². The van der Waals surface area contributed by atoms with Crippen molar-refractivity contribution in [1.29, 1.82) is 0 Å². The van der Waals surface area contributed by atoms with Crippen LogP contribution in [0.15, 0.2) is 43.0 Å². The second kappa shape index (κ2) is 8.12. The fourth-order valence-corrected chi connectivity index (χ4v) is 3.43. The van der Waals surface area contributed by atoms with Crippen LogP contribution in [-0.4, -0.2) is 56.1 Å². The molecule has 3 aromatic rings. The van der Waals surface area contributed by atoms with Crippen LogP contribution in [0.2, 0.25) is 0 Å². The zero-order valence-corrected chi connectivity index (χ0v) is 15.7. The lowest BCUT2D eigenvalue weighted by molar-refractivity contribution is 0.178. The van der Waals surface area contributed by atoms with Crippen molar-refractivity contribution in [3.8, 4) is 11.4 Å². The maximum Gasteiger partial charge on any atom is 0.317 e. The Morgan fingerprint density at radius 2 is 2.36 bits per heavy atom. The van der Waals surface area contributed by atoms with E-state index in [0.29, 0.717) is 13.1 Å². The number of likely N-dealkylation sites (tertiary alicyclic amines) is 1. The van der Waals surface area contributed by atoms with Crippen LogP contribution in [0.5, 0.6) is 5.75 Å². The second-order valence-corrected chi connectivity index (χ2v) is 6.81. The number of carbonyl (C=O) groups is 1. The maximum absolute atomic E-state index is 12.6. The predicted octanol–water partition coefficient (Wildman–Crippen LogP) is 2.09. The van der Waals surface area contributed by atoms with E-state index in [9.17, 15) is 4.79 Å². The van der Waals surface area contributed by atoms with Gasteiger partial charge in [0.25, 0.3) is 0 Å². The van der Waals surface area contributed by atoms with E-state index in [1.165, 1.54) is 6.33 Å². The Balaban J connectivity index is 1.34. The van der Waals surface area contributed by atoms with E-state index in [1.807, 2.05) is 35.4 Å². The lowest BCUT2D eigenvalue weighted by Crippen LogP contribution is -2.44. The summed E-state index contributed by atoms with van der Waals surface area (Å²) < 4.78 is 7.02. The quantitative estimate of drug-likeness (QED) is 0.705. The van der Waals surface area contributed by atoms with Gasteiger partial charge in [-0.25, -0.2) is 14.5 Å². The molecule has 2 N–H and O–H groups in total. The van der Waals surface area contributed by atoms with E-state index in [4.69, 9.17) is 4.74 Å². The van der Waals surface area contributed by atoms with Gasteiger partial charge in [-0.1, -0.05) is 6.07 Å². The van der Waals surface area contributed by atoms with Crippen molar-refractivity contribution in [3.63, 3.8) is 0 Å². The first-order valence-electron chi connectivity index (χ1n) is 9.29. The van der Waals surface area contributed by atoms with Crippen LogP contribution in [0.1, 0.15) is 30.1 Å². The Morgan fingerprint density at radius 3 is 3.18 bits per heavy atom. The van der Waals surface area contributed by atoms with E-state index in [0.717, 1.165) is 42.2 Å². The Kier molecular flexibility index (Phi) is 5.22. The van der Waals surface area contributed by atoms with Crippen LogP contribution in [-0.2, 0) is 6.54 Å². The van der Waals surface area contributed by atoms with Crippen molar-refractivity contribution in [2.75, 3.05) is 20.2 Å². The third-order valence-electron chi connectivity index (χ3n) is 4.93. The standard InChI is InChI=1S/C19H23N7O2/c1-28-17-6-2-5-16(8-17)26-11-14(10-23-26)9-20-19(27)25-7-3-4-15(12-25)18-21-13-22-24-18/h2,5-6,8,10-11,13,15H,3-4,7,9,12H2,1H3,(H,20,27)(H,21,22,24). The zero-order chi connectivity index (χ0) is 19.3. The number of urea groups is 1. The number of ether oxygens (including phenoxy) is 1. The van der Waals surface area contributed by atoms with Gasteiger partial charge in [-0.2, -0.15) is 10.2 Å². The summed E-state index contributed by atoms with van der Waals surface area (Å²) in [6, 6.07) is 7.60. The van der Waals surface area contributed by atoms with E-state index < -0.39 is 0 Å². The van der Waals surface area contributed by atoms with Crippen molar-refractivity contribution in [2.45, 2.75) is 25.3 Å². The highest BCUT2D eigenvalue weighted by molar-refractivity contribution is 5.74. The summed E-state index contributed by atoms with van der Waals surface area (Å²) in [5.74, 6) is 1.82. The van der Waals surface area contributed by atoms with Crippen LogP contribution in [0.4, 0.5) is 4.79 Å². The van der Waals surface area contributed by atoms with Gasteiger partial charge < -0.3 is 15.0 Å². The number of carbonyl (C=O) groups excluding carboxylic acids is 1. The predicted molar refractivity (Wildman–Crippen MR) is 102 cm³/mol. The first kappa shape index (κ1) is 18.0. The first-order chi connectivity index (χ1) is 13.7. The van der Waals surface area contributed by atoms with Crippen molar-refractivity contribution in [2.24, 2.45) is 0 Å². The number of benzene rings is 1. The summed E-state index contributed by atoms with van der Waals surface area (Å²) in [6.07, 6.45) is 7.13. The number of amides is 2. The third kappa shape index (κ3) is 3.98. The van der Waals surface area contributed by atoms with Gasteiger partial charge in [0, 0.05) is 43.4 Å². The summed E-state index contributed by atoms with van der Waals surface area (Å²) in [5, 5.41) is 14.2. The van der Waals surface area contributed by atoms with Crippen LogP contribution >= 0.6 is 0 Å². The highest BCUT2D eigenvalue weighted by Crippen LogP contribution is 2.24. The Morgan fingerprint density at radius 1 is 1.43 bits per heavy atom. The fourth-order valence-electron chi connectivity index (χ4n) is 3.43. The second-order valence-electron chi connectivity index (χ2n) is 6.81. The Bertz CT molecular complexity index is 922. The number of hydrogen-bond acceptors (Lipinski definition) is 5. The summed E-state index contributed by atoms with van der Waals surface area (Å²) >= 11 is 0. The molecule has 2 aromatic heterocycles. The third-order valence-corrected chi connectivity index (χ3v) is 4.93. The van der Waals surface area contributed by atoms with Gasteiger partial charge in [-0.05, 0) is 25.0 Å². The number of rotatable bonds is 5. The lowest BCUT2D eigenvalue weighted by Gasteiger charge is -2.31. The summed E-state index contributed by atoms with van der Waals surface area (Å²) in [4.78, 5) is 18.6. The number of H-pyrrole nitrogens is 1. The minimum atomic E-state index is -0.0710. The summed E-state index contributed by atoms with van der Waals surface area (Å²) in [7, 11) is 1.64. The molecule has 0 saturated carbocycles. The van der Waals surface area contributed by atoms with Gasteiger partial charge in [-0.15, -0.1) is 0 Å². The largest absolute Gasteiger partial charge is 0.497 e.